The van der Waals surface area contributed by atoms with Crippen LogP contribution in [0.1, 0.15) is 56.2 Å². The summed E-state index contributed by atoms with van der Waals surface area (Å²) >= 11 is 0. The average Bonchev–Trinajstić information content (AvgIpc) is 3.33. The monoisotopic (exact) mass is 772 g/mol. The van der Waals surface area contributed by atoms with Crippen LogP contribution in [0.2, 0.25) is 0 Å². The molecule has 1 aliphatic heterocycles. The summed E-state index contributed by atoms with van der Waals surface area (Å²) in [6, 6.07) is 2.62. The minimum atomic E-state index is -5.80. The first-order valence-electron chi connectivity index (χ1n) is 14.1. The second-order valence-corrected chi connectivity index (χ2v) is 16.0. The van der Waals surface area contributed by atoms with Crippen molar-refractivity contribution < 1.29 is 70.7 Å². The standard InChI is InChI=1S/C25H35N4O18P3/c1-25(2,3)22(16-9-19(42-4)14(6-5-7-26)8-17(16)29(33)34)43-12-15-11-28(24(32)27-23(15)31)21-10-18(30)20(45-21)13-44-49(38,39)47-50(40,41)46-48(35,36)37/h8-9,11,18,20-22,30H,7,10,12-13,26H2,1-4H3,(H,38,39)(H,40,41)(H,27,31,32)(H2,35,36,37)/t18-,20-,21-,22-/m1/s1. The Labute approximate surface area is 282 Å². The normalized spacial score (nSPS) is 21.0. The molecule has 0 bridgehead atoms. The van der Waals surface area contributed by atoms with Crippen molar-refractivity contribution in [3.63, 3.8) is 0 Å². The minimum absolute atomic E-state index is 0.00331. The number of rotatable bonds is 14. The summed E-state index contributed by atoms with van der Waals surface area (Å²) in [6.45, 7) is 3.71. The van der Waals surface area contributed by atoms with Crippen molar-refractivity contribution in [2.24, 2.45) is 11.1 Å². The number of aliphatic hydroxyl groups is 1. The highest BCUT2D eigenvalue weighted by atomic mass is 31.3. The van der Waals surface area contributed by atoms with Gasteiger partial charge in [-0.05, 0) is 11.5 Å². The second kappa shape index (κ2) is 16.1. The van der Waals surface area contributed by atoms with Gasteiger partial charge in [-0.25, -0.2) is 18.5 Å². The highest BCUT2D eigenvalue weighted by molar-refractivity contribution is 7.66. The molecule has 1 saturated heterocycles. The van der Waals surface area contributed by atoms with Crippen molar-refractivity contribution in [3.8, 4) is 17.6 Å². The molecule has 2 aromatic rings. The first kappa shape index (κ1) is 41.3. The second-order valence-electron chi connectivity index (χ2n) is 11.6. The molecule has 25 heteroatoms. The van der Waals surface area contributed by atoms with E-state index in [0.717, 1.165) is 10.8 Å². The van der Waals surface area contributed by atoms with Crippen LogP contribution in [0.15, 0.2) is 27.9 Å². The Bertz CT molecular complexity index is 1910. The number of phosphoric ester groups is 1. The summed E-state index contributed by atoms with van der Waals surface area (Å²) in [4.78, 5) is 75.3. The molecule has 8 N–H and O–H groups in total. The van der Waals surface area contributed by atoms with E-state index in [9.17, 15) is 48.3 Å². The van der Waals surface area contributed by atoms with Gasteiger partial charge in [0.25, 0.3) is 11.2 Å². The van der Waals surface area contributed by atoms with Gasteiger partial charge in [-0.2, -0.15) is 8.62 Å². The van der Waals surface area contributed by atoms with Gasteiger partial charge in [0, 0.05) is 18.7 Å². The van der Waals surface area contributed by atoms with Crippen molar-refractivity contribution in [2.75, 3.05) is 20.3 Å². The molecule has 0 radical (unpaired) electrons. The van der Waals surface area contributed by atoms with Gasteiger partial charge in [0.05, 0.1) is 60.7 Å². The molecular formula is C25H35N4O18P3. The molecule has 1 aromatic carbocycles. The Kier molecular flexibility index (Phi) is 13.3. The summed E-state index contributed by atoms with van der Waals surface area (Å²) in [5.74, 6) is 5.54. The lowest BCUT2D eigenvalue weighted by Gasteiger charge is -2.31. The van der Waals surface area contributed by atoms with E-state index in [2.05, 4.69) is 30.0 Å². The number of nitrogens with one attached hydrogen (secondary N) is 1. The number of nitro groups is 1. The van der Waals surface area contributed by atoms with Gasteiger partial charge in [-0.3, -0.25) is 29.0 Å². The molecule has 1 aliphatic rings. The highest BCUT2D eigenvalue weighted by Crippen LogP contribution is 2.66. The van der Waals surface area contributed by atoms with E-state index in [0.29, 0.717) is 0 Å². The highest BCUT2D eigenvalue weighted by Gasteiger charge is 2.43. The topological polar surface area (TPSA) is 332 Å². The number of aliphatic hydroxyl groups excluding tert-OH is 1. The zero-order valence-corrected chi connectivity index (χ0v) is 29.4. The predicted octanol–water partition coefficient (Wildman–Crippen LogP) is 1.06. The molecule has 0 aliphatic carbocycles. The third-order valence-corrected chi connectivity index (χ3v) is 10.5. The van der Waals surface area contributed by atoms with Gasteiger partial charge in [-0.15, -0.1) is 0 Å². The fourth-order valence-electron chi connectivity index (χ4n) is 4.70. The van der Waals surface area contributed by atoms with Crippen LogP contribution in [0.25, 0.3) is 0 Å². The SMILES string of the molecule is COc1cc([C@@H](OCc2cn([C@H]3C[C@@H](O)[C@@H](COP(=O)(O)OP(=O)(O)OP(=O)(O)O)O3)c(=O)[nH]c2=O)C(C)(C)C)c([N+](=O)[O-])cc1C#CCN. The fraction of sp³-hybridized carbons (Fsp3) is 0.520. The maximum Gasteiger partial charge on any atom is 0.490 e. The predicted molar refractivity (Wildman–Crippen MR) is 168 cm³/mol. The Morgan fingerprint density at radius 1 is 1.16 bits per heavy atom. The molecule has 22 nitrogen and oxygen atoms in total. The van der Waals surface area contributed by atoms with E-state index in [-0.39, 0.29) is 41.1 Å². The Hall–Kier alpha value is -3.09. The first-order valence-corrected chi connectivity index (χ1v) is 18.6. The fourth-order valence-corrected chi connectivity index (χ4v) is 7.72. The zero-order chi connectivity index (χ0) is 37.8. The Morgan fingerprint density at radius 2 is 1.82 bits per heavy atom. The number of hydrogen-bond donors (Lipinski definition) is 7. The molecule has 2 unspecified atom stereocenters. The van der Waals surface area contributed by atoms with Gasteiger partial charge in [0.1, 0.15) is 18.1 Å². The summed E-state index contributed by atoms with van der Waals surface area (Å²) in [7, 11) is -15.6. The van der Waals surface area contributed by atoms with E-state index < -0.39 is 82.8 Å². The zero-order valence-electron chi connectivity index (χ0n) is 26.7. The molecule has 0 spiro atoms. The molecular weight excluding hydrogens is 737 g/mol. The molecule has 0 amide bonds. The number of nitro benzene ring substituents is 1. The number of hydrogen-bond acceptors (Lipinski definition) is 15. The lowest BCUT2D eigenvalue weighted by atomic mass is 9.83. The number of nitrogens with zero attached hydrogens (tertiary/aromatic N) is 2. The quantitative estimate of drug-likeness (QED) is 0.0611. The average molecular weight is 772 g/mol. The molecule has 1 aromatic heterocycles. The molecule has 2 heterocycles. The maximum atomic E-state index is 12.8. The van der Waals surface area contributed by atoms with Gasteiger partial charge >= 0.3 is 29.2 Å². The third kappa shape index (κ3) is 11.2. The van der Waals surface area contributed by atoms with Crippen molar-refractivity contribution >= 4 is 29.2 Å². The first-order chi connectivity index (χ1) is 23.0. The number of methoxy groups -OCH3 is 1. The number of ether oxygens (including phenoxy) is 3. The van der Waals surface area contributed by atoms with Gasteiger partial charge < -0.3 is 44.6 Å². The van der Waals surface area contributed by atoms with Crippen LogP contribution in [0, 0.1) is 27.4 Å². The molecule has 1 fully saturated rings. The van der Waals surface area contributed by atoms with Crippen LogP contribution in [0.3, 0.4) is 0 Å². The van der Waals surface area contributed by atoms with E-state index >= 15 is 0 Å². The number of aromatic amines is 1. The van der Waals surface area contributed by atoms with Crippen molar-refractivity contribution in [3.05, 3.63) is 66.0 Å². The molecule has 278 valence electrons. The number of aromatic nitrogens is 2. The smallest absolute Gasteiger partial charge is 0.490 e. The summed E-state index contributed by atoms with van der Waals surface area (Å²) in [6.07, 6.45) is -4.58. The van der Waals surface area contributed by atoms with Crippen LogP contribution in [0.4, 0.5) is 5.69 Å². The van der Waals surface area contributed by atoms with Crippen molar-refractivity contribution in [1.82, 2.24) is 9.55 Å². The van der Waals surface area contributed by atoms with Crippen LogP contribution in [-0.4, -0.2) is 71.6 Å². The van der Waals surface area contributed by atoms with Crippen molar-refractivity contribution in [2.45, 2.75) is 58.3 Å². The van der Waals surface area contributed by atoms with Crippen LogP contribution < -0.4 is 21.7 Å². The van der Waals surface area contributed by atoms with Gasteiger partial charge in [0.15, 0.2) is 0 Å². The van der Waals surface area contributed by atoms with Crippen LogP contribution in [0.5, 0.6) is 5.75 Å². The van der Waals surface area contributed by atoms with Gasteiger partial charge in [0.2, 0.25) is 0 Å². The van der Waals surface area contributed by atoms with Crippen LogP contribution in [-0.2, 0) is 42.9 Å². The maximum absolute atomic E-state index is 12.8. The molecule has 6 atom stereocenters. The number of phosphoric acid groups is 3. The van der Waals surface area contributed by atoms with E-state index in [1.807, 2.05) is 0 Å². The van der Waals surface area contributed by atoms with Crippen LogP contribution >= 0.6 is 23.5 Å². The number of nitrogens with two attached hydrogens (primary N) is 1. The van der Waals surface area contributed by atoms with E-state index in [1.165, 1.54) is 19.2 Å². The third-order valence-electron chi connectivity index (χ3n) is 6.72. The van der Waals surface area contributed by atoms with E-state index in [1.54, 1.807) is 20.8 Å². The van der Waals surface area contributed by atoms with Gasteiger partial charge in [-0.1, -0.05) is 32.6 Å². The molecule has 3 rings (SSSR count). The summed E-state index contributed by atoms with van der Waals surface area (Å²) in [5.41, 5.74) is 2.58. The number of H-pyrrole nitrogens is 1. The largest absolute Gasteiger partial charge is 0.495 e. The summed E-state index contributed by atoms with van der Waals surface area (Å²) in [5, 5.41) is 22.6. The Morgan fingerprint density at radius 3 is 2.38 bits per heavy atom. The Balaban J connectivity index is 1.85. The van der Waals surface area contributed by atoms with Crippen molar-refractivity contribution in [1.29, 1.82) is 0 Å². The van der Waals surface area contributed by atoms with E-state index in [4.69, 9.17) is 29.7 Å². The number of benzene rings is 1. The molecule has 0 saturated carbocycles. The molecule has 50 heavy (non-hydrogen) atoms. The summed E-state index contributed by atoms with van der Waals surface area (Å²) < 4.78 is 64.0. The lowest BCUT2D eigenvalue weighted by molar-refractivity contribution is -0.386. The minimum Gasteiger partial charge on any atom is -0.495 e. The lowest BCUT2D eigenvalue weighted by Crippen LogP contribution is -2.35.